The fourth-order valence-corrected chi connectivity index (χ4v) is 2.03. The van der Waals surface area contributed by atoms with E-state index in [1.54, 1.807) is 6.07 Å². The molecule has 1 aromatic heterocycles. The molecule has 62 valence electrons. The molecule has 1 heterocycles. The van der Waals surface area contributed by atoms with E-state index >= 15 is 0 Å². The van der Waals surface area contributed by atoms with Gasteiger partial charge >= 0.3 is 0 Å². The second-order valence-corrected chi connectivity index (χ2v) is 3.67. The third-order valence-corrected chi connectivity index (χ3v) is 2.75. The van der Waals surface area contributed by atoms with E-state index in [0.717, 1.165) is 4.70 Å². The molecule has 0 aliphatic rings. The van der Waals surface area contributed by atoms with Crippen LogP contribution in [0.5, 0.6) is 0 Å². The molecule has 0 radical (unpaired) electrons. The monoisotopic (exact) mass is 187 g/mol. The molecule has 1 aromatic carbocycles. The number of hydrogen-bond acceptors (Lipinski definition) is 3. The van der Waals surface area contributed by atoms with Crippen molar-refractivity contribution >= 4 is 21.4 Å². The van der Waals surface area contributed by atoms with Crippen LogP contribution in [0.2, 0.25) is 0 Å². The van der Waals surface area contributed by atoms with Crippen molar-refractivity contribution in [2.24, 2.45) is 0 Å². The first kappa shape index (κ1) is 7.96. The Balaban J connectivity index is 2.95. The molecule has 0 spiro atoms. The highest BCUT2D eigenvalue weighted by Crippen LogP contribution is 2.17. The van der Waals surface area contributed by atoms with Crippen LogP contribution >= 0.6 is 11.3 Å². The second-order valence-electron chi connectivity index (χ2n) is 2.58. The zero-order chi connectivity index (χ0) is 9.26. The third-order valence-electron chi connectivity index (χ3n) is 1.74. The zero-order valence-electron chi connectivity index (χ0n) is 6.65. The maximum absolute atomic E-state index is 11.4. The molecule has 0 unspecified atom stereocenters. The first-order chi connectivity index (χ1) is 6.31. The molecule has 0 fully saturated rings. The van der Waals surface area contributed by atoms with Gasteiger partial charge in [0.25, 0.3) is 0 Å². The zero-order valence-corrected chi connectivity index (χ0v) is 7.47. The molecule has 0 aliphatic carbocycles. The molecule has 0 aliphatic heterocycles. The molecule has 2 rings (SSSR count). The highest BCUT2D eigenvalue weighted by molar-refractivity contribution is 7.18. The lowest BCUT2D eigenvalue weighted by Crippen LogP contribution is -1.98. The molecule has 0 atom stereocenters. The van der Waals surface area contributed by atoms with Crippen molar-refractivity contribution in [3.05, 3.63) is 45.4 Å². The summed E-state index contributed by atoms with van der Waals surface area (Å²) in [6, 6.07) is 10.7. The predicted octanol–water partition coefficient (Wildman–Crippen LogP) is 2.13. The SMILES string of the molecule is N#Cc1cc(=O)c2ccccc2s1. The highest BCUT2D eigenvalue weighted by atomic mass is 32.1. The van der Waals surface area contributed by atoms with Crippen molar-refractivity contribution in [1.29, 1.82) is 5.26 Å². The molecule has 0 saturated heterocycles. The Bertz CT molecular complexity index is 551. The number of benzene rings is 1. The molecule has 0 amide bonds. The molecule has 2 aromatic rings. The molecular weight excluding hydrogens is 182 g/mol. The van der Waals surface area contributed by atoms with Crippen molar-refractivity contribution in [2.75, 3.05) is 0 Å². The Labute approximate surface area is 78.7 Å². The minimum absolute atomic E-state index is 0.0779. The van der Waals surface area contributed by atoms with Crippen molar-refractivity contribution in [3.63, 3.8) is 0 Å². The molecule has 0 N–H and O–H groups in total. The van der Waals surface area contributed by atoms with E-state index in [2.05, 4.69) is 0 Å². The molecule has 0 bridgehead atoms. The second kappa shape index (κ2) is 3.00. The van der Waals surface area contributed by atoms with Gasteiger partial charge in [0, 0.05) is 16.2 Å². The first-order valence-electron chi connectivity index (χ1n) is 3.74. The van der Waals surface area contributed by atoms with E-state index in [0.29, 0.717) is 10.3 Å². The Morgan fingerprint density at radius 2 is 2.08 bits per heavy atom. The smallest absolute Gasteiger partial charge is 0.189 e. The molecule has 0 saturated carbocycles. The topological polar surface area (TPSA) is 40.9 Å². The Hall–Kier alpha value is -1.66. The number of nitriles is 1. The normalized spacial score (nSPS) is 9.77. The van der Waals surface area contributed by atoms with Crippen molar-refractivity contribution < 1.29 is 0 Å². The van der Waals surface area contributed by atoms with Crippen LogP contribution in [-0.2, 0) is 0 Å². The summed E-state index contributed by atoms with van der Waals surface area (Å²) in [6.45, 7) is 0. The summed E-state index contributed by atoms with van der Waals surface area (Å²) in [4.78, 5) is 11.9. The Kier molecular flexibility index (Phi) is 1.84. The molecule has 2 nitrogen and oxygen atoms in total. The van der Waals surface area contributed by atoms with Crippen molar-refractivity contribution in [2.45, 2.75) is 0 Å². The largest absolute Gasteiger partial charge is 0.289 e. The maximum Gasteiger partial charge on any atom is 0.189 e. The molecular formula is C10H5NOS. The van der Waals surface area contributed by atoms with E-state index in [-0.39, 0.29) is 5.43 Å². The van der Waals surface area contributed by atoms with Crippen LogP contribution in [0, 0.1) is 11.3 Å². The van der Waals surface area contributed by atoms with Crippen LogP contribution in [0.25, 0.3) is 10.1 Å². The Morgan fingerprint density at radius 1 is 1.31 bits per heavy atom. The predicted molar refractivity (Wildman–Crippen MR) is 52.8 cm³/mol. The van der Waals surface area contributed by atoms with Gasteiger partial charge in [0.05, 0.1) is 0 Å². The van der Waals surface area contributed by atoms with E-state index in [1.165, 1.54) is 17.4 Å². The van der Waals surface area contributed by atoms with Gasteiger partial charge in [-0.05, 0) is 12.1 Å². The Morgan fingerprint density at radius 3 is 2.85 bits per heavy atom. The van der Waals surface area contributed by atoms with Gasteiger partial charge in [0.15, 0.2) is 5.43 Å². The summed E-state index contributed by atoms with van der Waals surface area (Å²) in [5.41, 5.74) is -0.0779. The maximum atomic E-state index is 11.4. The van der Waals surface area contributed by atoms with Crippen LogP contribution in [-0.4, -0.2) is 0 Å². The lowest BCUT2D eigenvalue weighted by molar-refractivity contribution is 1.51. The van der Waals surface area contributed by atoms with Gasteiger partial charge < -0.3 is 0 Å². The van der Waals surface area contributed by atoms with Gasteiger partial charge in [0.1, 0.15) is 10.9 Å². The molecule has 13 heavy (non-hydrogen) atoms. The van der Waals surface area contributed by atoms with Gasteiger partial charge in [0.2, 0.25) is 0 Å². The fourth-order valence-electron chi connectivity index (χ4n) is 1.16. The quantitative estimate of drug-likeness (QED) is 0.634. The summed E-state index contributed by atoms with van der Waals surface area (Å²) >= 11 is 1.34. The standard InChI is InChI=1S/C10H5NOS/c11-6-7-5-9(12)8-3-1-2-4-10(8)13-7/h1-5H. The molecule has 3 heteroatoms. The summed E-state index contributed by atoms with van der Waals surface area (Å²) in [5, 5.41) is 9.33. The van der Waals surface area contributed by atoms with Crippen LogP contribution in [0.15, 0.2) is 35.1 Å². The van der Waals surface area contributed by atoms with Crippen molar-refractivity contribution in [3.8, 4) is 6.07 Å². The average molecular weight is 187 g/mol. The van der Waals surface area contributed by atoms with E-state index < -0.39 is 0 Å². The van der Waals surface area contributed by atoms with Gasteiger partial charge in [-0.2, -0.15) is 5.26 Å². The minimum atomic E-state index is -0.0779. The van der Waals surface area contributed by atoms with Crippen LogP contribution in [0.3, 0.4) is 0 Å². The van der Waals surface area contributed by atoms with Gasteiger partial charge in [-0.1, -0.05) is 12.1 Å². The average Bonchev–Trinajstić information content (AvgIpc) is 2.18. The highest BCUT2D eigenvalue weighted by Gasteiger charge is 2.00. The lowest BCUT2D eigenvalue weighted by atomic mass is 10.2. The number of nitrogens with zero attached hydrogens (tertiary/aromatic N) is 1. The van der Waals surface area contributed by atoms with E-state index in [4.69, 9.17) is 5.26 Å². The van der Waals surface area contributed by atoms with Gasteiger partial charge in [-0.25, -0.2) is 0 Å². The van der Waals surface area contributed by atoms with E-state index in [1.807, 2.05) is 24.3 Å². The fraction of sp³-hybridized carbons (Fsp3) is 0. The number of hydrogen-bond donors (Lipinski definition) is 0. The van der Waals surface area contributed by atoms with E-state index in [9.17, 15) is 4.79 Å². The van der Waals surface area contributed by atoms with Crippen LogP contribution in [0.4, 0.5) is 0 Å². The minimum Gasteiger partial charge on any atom is -0.289 e. The summed E-state index contributed by atoms with van der Waals surface area (Å²) in [6.07, 6.45) is 0. The summed E-state index contributed by atoms with van der Waals surface area (Å²) in [7, 11) is 0. The first-order valence-corrected chi connectivity index (χ1v) is 4.56. The lowest BCUT2D eigenvalue weighted by Gasteiger charge is -1.93. The van der Waals surface area contributed by atoms with Crippen LogP contribution in [0.1, 0.15) is 4.88 Å². The number of rotatable bonds is 0. The third kappa shape index (κ3) is 1.32. The van der Waals surface area contributed by atoms with Gasteiger partial charge in [-0.3, -0.25) is 4.79 Å². The van der Waals surface area contributed by atoms with Gasteiger partial charge in [-0.15, -0.1) is 11.3 Å². The van der Waals surface area contributed by atoms with Crippen molar-refractivity contribution in [1.82, 2.24) is 0 Å². The number of fused-ring (bicyclic) bond motifs is 1. The summed E-state index contributed by atoms with van der Waals surface area (Å²) in [5.74, 6) is 0. The summed E-state index contributed by atoms with van der Waals surface area (Å²) < 4.78 is 0.867. The van der Waals surface area contributed by atoms with Crippen LogP contribution < -0.4 is 5.43 Å².